The number of carboxylic acid groups (broad SMARTS) is 1. The van der Waals surface area contributed by atoms with Crippen molar-refractivity contribution in [1.29, 1.82) is 0 Å². The summed E-state index contributed by atoms with van der Waals surface area (Å²) in [6, 6.07) is -0.107. The van der Waals surface area contributed by atoms with Gasteiger partial charge < -0.3 is 15.3 Å². The van der Waals surface area contributed by atoms with Crippen LogP contribution in [-0.2, 0) is 4.79 Å². The molecule has 0 aromatic rings. The number of carboxylic acids is 1. The second-order valence-electron chi connectivity index (χ2n) is 5.52. The van der Waals surface area contributed by atoms with Gasteiger partial charge in [-0.2, -0.15) is 11.8 Å². The lowest BCUT2D eigenvalue weighted by atomic mass is 10.1. The van der Waals surface area contributed by atoms with E-state index in [9.17, 15) is 9.59 Å². The molecule has 1 aliphatic heterocycles. The Morgan fingerprint density at radius 3 is 2.63 bits per heavy atom. The van der Waals surface area contributed by atoms with Crippen molar-refractivity contribution in [3.05, 3.63) is 0 Å². The fourth-order valence-electron chi connectivity index (χ4n) is 2.97. The molecule has 6 heteroatoms. The van der Waals surface area contributed by atoms with Crippen molar-refractivity contribution in [2.75, 3.05) is 25.9 Å². The first-order chi connectivity index (χ1) is 9.06. The van der Waals surface area contributed by atoms with Gasteiger partial charge >= 0.3 is 12.0 Å². The molecule has 0 radical (unpaired) electrons. The summed E-state index contributed by atoms with van der Waals surface area (Å²) >= 11 is 1.84. The normalized spacial score (nSPS) is 25.5. The largest absolute Gasteiger partial charge is 0.481 e. The van der Waals surface area contributed by atoms with Crippen molar-refractivity contribution in [1.82, 2.24) is 10.2 Å². The molecule has 1 heterocycles. The van der Waals surface area contributed by atoms with E-state index in [1.54, 1.807) is 4.90 Å². The summed E-state index contributed by atoms with van der Waals surface area (Å²) in [6.07, 6.45) is 7.46. The molecule has 2 rings (SSSR count). The summed E-state index contributed by atoms with van der Waals surface area (Å²) < 4.78 is 0.196. The van der Waals surface area contributed by atoms with Gasteiger partial charge in [0.05, 0.1) is 5.92 Å². The first-order valence-electron chi connectivity index (χ1n) is 6.87. The molecule has 1 aliphatic carbocycles. The number of carbonyl (C=O) groups is 2. The molecule has 0 bridgehead atoms. The fraction of sp³-hybridized carbons (Fsp3) is 0.846. The maximum Gasteiger partial charge on any atom is 0.317 e. The molecule has 5 nitrogen and oxygen atoms in total. The number of nitrogens with zero attached hydrogens (tertiary/aromatic N) is 1. The zero-order chi connectivity index (χ0) is 13.9. The number of rotatable bonds is 4. The lowest BCUT2D eigenvalue weighted by Gasteiger charge is -2.28. The Balaban J connectivity index is 1.80. The highest BCUT2D eigenvalue weighted by Gasteiger charge is 2.35. The highest BCUT2D eigenvalue weighted by molar-refractivity contribution is 8.00. The number of aliphatic carboxylic acids is 1. The van der Waals surface area contributed by atoms with E-state index in [1.807, 2.05) is 11.8 Å². The molecular weight excluding hydrogens is 264 g/mol. The van der Waals surface area contributed by atoms with Crippen LogP contribution in [0.15, 0.2) is 0 Å². The number of amides is 2. The number of hydrogen-bond donors (Lipinski definition) is 2. The van der Waals surface area contributed by atoms with Crippen LogP contribution < -0.4 is 5.32 Å². The number of hydrogen-bond acceptors (Lipinski definition) is 3. The molecule has 2 amide bonds. The van der Waals surface area contributed by atoms with Gasteiger partial charge in [-0.1, -0.05) is 12.8 Å². The Morgan fingerprint density at radius 2 is 2.11 bits per heavy atom. The summed E-state index contributed by atoms with van der Waals surface area (Å²) in [7, 11) is 0. The SMILES string of the molecule is CSC1(CNC(=O)N2CCC(C(=O)O)C2)CCCC1. The molecule has 2 fully saturated rings. The lowest BCUT2D eigenvalue weighted by Crippen LogP contribution is -2.45. The van der Waals surface area contributed by atoms with Crippen LogP contribution in [0.3, 0.4) is 0 Å². The van der Waals surface area contributed by atoms with Crippen molar-refractivity contribution in [2.45, 2.75) is 36.9 Å². The minimum Gasteiger partial charge on any atom is -0.481 e. The van der Waals surface area contributed by atoms with Gasteiger partial charge in [0.15, 0.2) is 0 Å². The van der Waals surface area contributed by atoms with Gasteiger partial charge in [-0.15, -0.1) is 0 Å². The highest BCUT2D eigenvalue weighted by Crippen LogP contribution is 2.39. The van der Waals surface area contributed by atoms with Crippen molar-refractivity contribution in [3.8, 4) is 0 Å². The van der Waals surface area contributed by atoms with Crippen LogP contribution in [0, 0.1) is 5.92 Å². The van der Waals surface area contributed by atoms with Gasteiger partial charge in [0, 0.05) is 24.4 Å². The predicted octanol–water partition coefficient (Wildman–Crippen LogP) is 1.78. The summed E-state index contributed by atoms with van der Waals surface area (Å²) in [5, 5.41) is 11.9. The molecule has 1 atom stereocenters. The van der Waals surface area contributed by atoms with Crippen LogP contribution in [0.25, 0.3) is 0 Å². The smallest absolute Gasteiger partial charge is 0.317 e. The van der Waals surface area contributed by atoms with Crippen LogP contribution in [0.2, 0.25) is 0 Å². The third kappa shape index (κ3) is 3.35. The fourth-order valence-corrected chi connectivity index (χ4v) is 3.88. The van der Waals surface area contributed by atoms with E-state index in [0.717, 1.165) is 12.8 Å². The maximum absolute atomic E-state index is 12.0. The molecule has 1 saturated carbocycles. The average Bonchev–Trinajstić information content (AvgIpc) is 3.06. The number of thioether (sulfide) groups is 1. The zero-order valence-corrected chi connectivity index (χ0v) is 12.2. The number of urea groups is 1. The van der Waals surface area contributed by atoms with Gasteiger partial charge in [0.25, 0.3) is 0 Å². The highest BCUT2D eigenvalue weighted by atomic mass is 32.2. The van der Waals surface area contributed by atoms with Gasteiger partial charge in [-0.25, -0.2) is 4.79 Å². The van der Waals surface area contributed by atoms with Crippen molar-refractivity contribution >= 4 is 23.8 Å². The molecule has 108 valence electrons. The minimum absolute atomic E-state index is 0.107. The molecule has 1 saturated heterocycles. The third-order valence-electron chi connectivity index (χ3n) is 4.33. The van der Waals surface area contributed by atoms with E-state index in [-0.39, 0.29) is 10.8 Å². The lowest BCUT2D eigenvalue weighted by molar-refractivity contribution is -0.141. The van der Waals surface area contributed by atoms with Crippen LogP contribution >= 0.6 is 11.8 Å². The first-order valence-corrected chi connectivity index (χ1v) is 8.09. The van der Waals surface area contributed by atoms with Crippen LogP contribution in [0.1, 0.15) is 32.1 Å². The van der Waals surface area contributed by atoms with Gasteiger partial charge in [0.2, 0.25) is 0 Å². The molecule has 1 unspecified atom stereocenters. The number of carbonyl (C=O) groups excluding carboxylic acids is 1. The standard InChI is InChI=1S/C13H22N2O3S/c1-19-13(5-2-3-6-13)9-14-12(18)15-7-4-10(8-15)11(16)17/h10H,2-9H2,1H3,(H,14,18)(H,16,17). The van der Waals surface area contributed by atoms with Gasteiger partial charge in [-0.05, 0) is 25.5 Å². The van der Waals surface area contributed by atoms with Gasteiger partial charge in [0.1, 0.15) is 0 Å². The first kappa shape index (κ1) is 14.5. The van der Waals surface area contributed by atoms with Crippen molar-refractivity contribution in [3.63, 3.8) is 0 Å². The predicted molar refractivity (Wildman–Crippen MR) is 75.4 cm³/mol. The Bertz CT molecular complexity index is 356. The molecule has 0 aromatic carbocycles. The molecule has 19 heavy (non-hydrogen) atoms. The quantitative estimate of drug-likeness (QED) is 0.826. The number of nitrogens with one attached hydrogen (secondary N) is 1. The Labute approximate surface area is 118 Å². The maximum atomic E-state index is 12.0. The van der Waals surface area contributed by atoms with Gasteiger partial charge in [-0.3, -0.25) is 4.79 Å². The summed E-state index contributed by atoms with van der Waals surface area (Å²) in [5.74, 6) is -1.20. The minimum atomic E-state index is -0.799. The Kier molecular flexibility index (Phi) is 4.60. The van der Waals surface area contributed by atoms with E-state index >= 15 is 0 Å². The van der Waals surface area contributed by atoms with Crippen LogP contribution in [0.5, 0.6) is 0 Å². The zero-order valence-electron chi connectivity index (χ0n) is 11.4. The molecule has 2 aliphatic rings. The second-order valence-corrected chi connectivity index (χ2v) is 6.80. The molecule has 2 N–H and O–H groups in total. The summed E-state index contributed by atoms with van der Waals surface area (Å²) in [5.41, 5.74) is 0. The van der Waals surface area contributed by atoms with Crippen molar-refractivity contribution < 1.29 is 14.7 Å². The molecule has 0 spiro atoms. The third-order valence-corrected chi connectivity index (χ3v) is 5.75. The summed E-state index contributed by atoms with van der Waals surface area (Å²) in [4.78, 5) is 24.5. The van der Waals surface area contributed by atoms with E-state index in [2.05, 4.69) is 11.6 Å². The monoisotopic (exact) mass is 286 g/mol. The van der Waals surface area contributed by atoms with E-state index in [0.29, 0.717) is 26.1 Å². The second kappa shape index (κ2) is 6.03. The topological polar surface area (TPSA) is 69.6 Å². The van der Waals surface area contributed by atoms with E-state index in [1.165, 1.54) is 12.8 Å². The van der Waals surface area contributed by atoms with Crippen LogP contribution in [0.4, 0.5) is 4.79 Å². The van der Waals surface area contributed by atoms with Crippen LogP contribution in [-0.4, -0.2) is 52.6 Å². The molecular formula is C13H22N2O3S. The summed E-state index contributed by atoms with van der Waals surface area (Å²) in [6.45, 7) is 1.59. The van der Waals surface area contributed by atoms with E-state index < -0.39 is 11.9 Å². The van der Waals surface area contributed by atoms with Crippen molar-refractivity contribution in [2.24, 2.45) is 5.92 Å². The Morgan fingerprint density at radius 1 is 1.42 bits per heavy atom. The average molecular weight is 286 g/mol. The number of likely N-dealkylation sites (tertiary alicyclic amines) is 1. The Hall–Kier alpha value is -0.910. The van der Waals surface area contributed by atoms with E-state index in [4.69, 9.17) is 5.11 Å². The molecule has 0 aromatic heterocycles.